The van der Waals surface area contributed by atoms with Gasteiger partial charge in [-0.3, -0.25) is 14.5 Å². The Morgan fingerprint density at radius 1 is 1.11 bits per heavy atom. The van der Waals surface area contributed by atoms with Crippen LogP contribution in [-0.4, -0.2) is 11.7 Å². The van der Waals surface area contributed by atoms with Crippen molar-refractivity contribution < 1.29 is 9.59 Å². The number of benzene rings is 2. The van der Waals surface area contributed by atoms with Crippen LogP contribution in [-0.2, 0) is 9.59 Å². The van der Waals surface area contributed by atoms with Crippen molar-refractivity contribution in [3.05, 3.63) is 70.4 Å². The molecule has 2 aromatic rings. The number of amides is 1. The molecule has 2 aromatic carbocycles. The zero-order valence-corrected chi connectivity index (χ0v) is 17.0. The highest BCUT2D eigenvalue weighted by atomic mass is 35.5. The van der Waals surface area contributed by atoms with E-state index >= 15 is 0 Å². The molecule has 0 fully saturated rings. The molecular weight excluding hydrogens is 372 g/mol. The maximum atomic E-state index is 13.3. The van der Waals surface area contributed by atoms with Crippen molar-refractivity contribution in [1.29, 1.82) is 0 Å². The summed E-state index contributed by atoms with van der Waals surface area (Å²) in [4.78, 5) is 27.9. The van der Waals surface area contributed by atoms with E-state index in [1.54, 1.807) is 11.0 Å². The van der Waals surface area contributed by atoms with Crippen molar-refractivity contribution >= 4 is 34.7 Å². The van der Waals surface area contributed by atoms with Crippen LogP contribution in [0.4, 0.5) is 11.4 Å². The van der Waals surface area contributed by atoms with E-state index in [1.165, 1.54) is 6.92 Å². The van der Waals surface area contributed by atoms with Gasteiger partial charge in [-0.25, -0.2) is 0 Å². The van der Waals surface area contributed by atoms with Crippen LogP contribution < -0.4 is 10.2 Å². The molecule has 4 rings (SSSR count). The Balaban J connectivity index is 2.04. The molecule has 4 nitrogen and oxygen atoms in total. The van der Waals surface area contributed by atoms with E-state index < -0.39 is 6.04 Å². The number of rotatable bonds is 1. The molecule has 1 aliphatic carbocycles. The first-order chi connectivity index (χ1) is 13.3. The number of carbonyl (C=O) groups excluding carboxylic acids is 2. The zero-order chi connectivity index (χ0) is 20.1. The van der Waals surface area contributed by atoms with Crippen molar-refractivity contribution in [2.45, 2.75) is 39.7 Å². The summed E-state index contributed by atoms with van der Waals surface area (Å²) < 4.78 is 0. The third kappa shape index (κ3) is 3.12. The zero-order valence-electron chi connectivity index (χ0n) is 16.3. The van der Waals surface area contributed by atoms with Gasteiger partial charge in [-0.2, -0.15) is 0 Å². The second-order valence-corrected chi connectivity index (χ2v) is 8.70. The van der Waals surface area contributed by atoms with Crippen molar-refractivity contribution in [3.63, 3.8) is 0 Å². The third-order valence-corrected chi connectivity index (χ3v) is 5.78. The SMILES string of the molecule is CC(=O)N1c2ccccc2NC2=C(C(=O)CC(C)(C)C2)[C@@H]1c1ccccc1Cl. The van der Waals surface area contributed by atoms with Crippen molar-refractivity contribution in [2.75, 3.05) is 10.2 Å². The van der Waals surface area contributed by atoms with Crippen LogP contribution in [0.5, 0.6) is 0 Å². The molecule has 0 aromatic heterocycles. The number of fused-ring (bicyclic) bond motifs is 1. The van der Waals surface area contributed by atoms with Crippen molar-refractivity contribution in [2.24, 2.45) is 5.41 Å². The first kappa shape index (κ1) is 18.8. The number of nitrogens with zero attached hydrogens (tertiary/aromatic N) is 1. The molecule has 144 valence electrons. The fourth-order valence-electron chi connectivity index (χ4n) is 4.33. The molecule has 0 radical (unpaired) electrons. The summed E-state index contributed by atoms with van der Waals surface area (Å²) in [7, 11) is 0. The minimum atomic E-state index is -0.555. The van der Waals surface area contributed by atoms with Crippen LogP contribution in [0.15, 0.2) is 59.8 Å². The average Bonchev–Trinajstić information content (AvgIpc) is 2.75. The normalized spacial score (nSPS) is 20.8. The van der Waals surface area contributed by atoms with Gasteiger partial charge in [-0.1, -0.05) is 55.8 Å². The number of nitrogens with one attached hydrogen (secondary N) is 1. The molecule has 5 heteroatoms. The molecule has 0 saturated heterocycles. The van der Waals surface area contributed by atoms with Crippen LogP contribution in [0.2, 0.25) is 5.02 Å². The monoisotopic (exact) mass is 394 g/mol. The summed E-state index contributed by atoms with van der Waals surface area (Å²) in [5.41, 5.74) is 3.71. The highest BCUT2D eigenvalue weighted by Crippen LogP contribution is 2.49. The minimum Gasteiger partial charge on any atom is -0.357 e. The maximum Gasteiger partial charge on any atom is 0.224 e. The Morgan fingerprint density at radius 2 is 1.79 bits per heavy atom. The van der Waals surface area contributed by atoms with Gasteiger partial charge in [0.15, 0.2) is 5.78 Å². The molecule has 1 atom stereocenters. The molecule has 1 amide bonds. The van der Waals surface area contributed by atoms with Crippen molar-refractivity contribution in [1.82, 2.24) is 0 Å². The highest BCUT2D eigenvalue weighted by molar-refractivity contribution is 6.31. The van der Waals surface area contributed by atoms with Crippen LogP contribution in [0.25, 0.3) is 0 Å². The molecule has 0 saturated carbocycles. The summed E-state index contributed by atoms with van der Waals surface area (Å²) in [6.07, 6.45) is 1.17. The quantitative estimate of drug-likeness (QED) is 0.694. The van der Waals surface area contributed by atoms with Gasteiger partial charge in [0.25, 0.3) is 0 Å². The van der Waals surface area contributed by atoms with Gasteiger partial charge in [-0.15, -0.1) is 0 Å². The van der Waals surface area contributed by atoms with E-state index in [-0.39, 0.29) is 17.1 Å². The summed E-state index contributed by atoms with van der Waals surface area (Å²) >= 11 is 6.55. The van der Waals surface area contributed by atoms with Crippen LogP contribution in [0.3, 0.4) is 0 Å². The Morgan fingerprint density at radius 3 is 2.50 bits per heavy atom. The fraction of sp³-hybridized carbons (Fsp3) is 0.304. The standard InChI is InChI=1S/C23H23ClN2O2/c1-14(27)26-19-11-7-6-10-17(19)25-18-12-23(2,3)13-20(28)21(18)22(26)15-8-4-5-9-16(15)24/h4-11,22,25H,12-13H2,1-3H3/t22-/m0/s1. The lowest BCUT2D eigenvalue weighted by Crippen LogP contribution is -2.38. The van der Waals surface area contributed by atoms with E-state index in [9.17, 15) is 9.59 Å². The van der Waals surface area contributed by atoms with E-state index in [4.69, 9.17) is 11.6 Å². The lowest BCUT2D eigenvalue weighted by molar-refractivity contribution is -0.118. The van der Waals surface area contributed by atoms with Crippen LogP contribution in [0.1, 0.15) is 45.2 Å². The van der Waals surface area contributed by atoms with E-state index in [2.05, 4.69) is 19.2 Å². The van der Waals surface area contributed by atoms with Crippen LogP contribution >= 0.6 is 11.6 Å². The number of ketones is 1. The predicted molar refractivity (Wildman–Crippen MR) is 112 cm³/mol. The Bertz CT molecular complexity index is 1010. The summed E-state index contributed by atoms with van der Waals surface area (Å²) in [5.74, 6) is -0.0757. The summed E-state index contributed by atoms with van der Waals surface area (Å²) in [5, 5.41) is 4.02. The van der Waals surface area contributed by atoms with E-state index in [0.717, 1.165) is 29.1 Å². The molecule has 0 unspecified atom stereocenters. The minimum absolute atomic E-state index is 0.0581. The molecule has 0 bridgehead atoms. The lowest BCUT2D eigenvalue weighted by Gasteiger charge is -2.37. The van der Waals surface area contributed by atoms with Gasteiger partial charge >= 0.3 is 0 Å². The predicted octanol–water partition coefficient (Wildman–Crippen LogP) is 5.50. The number of carbonyl (C=O) groups is 2. The van der Waals surface area contributed by atoms with Crippen molar-refractivity contribution in [3.8, 4) is 0 Å². The fourth-order valence-corrected chi connectivity index (χ4v) is 4.57. The second kappa shape index (κ2) is 6.78. The molecule has 1 heterocycles. The maximum absolute atomic E-state index is 13.3. The molecule has 0 spiro atoms. The number of anilines is 2. The number of Topliss-reactive ketones (excluding diaryl/α,β-unsaturated/α-hetero) is 1. The first-order valence-electron chi connectivity index (χ1n) is 9.45. The Kier molecular flexibility index (Phi) is 4.54. The Labute approximate surface area is 170 Å². The Hall–Kier alpha value is -2.59. The molecule has 2 aliphatic rings. The van der Waals surface area contributed by atoms with Gasteiger partial charge in [0.1, 0.15) is 0 Å². The third-order valence-electron chi connectivity index (χ3n) is 5.44. The highest BCUT2D eigenvalue weighted by Gasteiger charge is 2.43. The molecule has 1 aliphatic heterocycles. The number of hydrogen-bond acceptors (Lipinski definition) is 3. The topological polar surface area (TPSA) is 49.4 Å². The summed E-state index contributed by atoms with van der Waals surface area (Å²) in [6, 6.07) is 14.6. The number of halogens is 1. The van der Waals surface area contributed by atoms with E-state index in [1.807, 2.05) is 42.5 Å². The smallest absolute Gasteiger partial charge is 0.224 e. The molecule has 28 heavy (non-hydrogen) atoms. The number of allylic oxidation sites excluding steroid dienone is 1. The van der Waals surface area contributed by atoms with Gasteiger partial charge < -0.3 is 5.32 Å². The summed E-state index contributed by atoms with van der Waals surface area (Å²) in [6.45, 7) is 5.73. The average molecular weight is 395 g/mol. The van der Waals surface area contributed by atoms with Crippen LogP contribution in [0, 0.1) is 5.41 Å². The molecular formula is C23H23ClN2O2. The van der Waals surface area contributed by atoms with Gasteiger partial charge in [0.2, 0.25) is 5.91 Å². The first-order valence-corrected chi connectivity index (χ1v) is 9.83. The van der Waals surface area contributed by atoms with E-state index in [0.29, 0.717) is 17.0 Å². The second-order valence-electron chi connectivity index (χ2n) is 8.29. The largest absolute Gasteiger partial charge is 0.357 e. The molecule has 1 N–H and O–H groups in total. The number of hydrogen-bond donors (Lipinski definition) is 1. The van der Waals surface area contributed by atoms with Gasteiger partial charge in [0.05, 0.1) is 17.4 Å². The lowest BCUT2D eigenvalue weighted by atomic mass is 9.73. The van der Waals surface area contributed by atoms with Gasteiger partial charge in [0, 0.05) is 29.6 Å². The van der Waals surface area contributed by atoms with Gasteiger partial charge in [-0.05, 0) is 35.6 Å². The number of para-hydroxylation sites is 2.